The van der Waals surface area contributed by atoms with Crippen molar-refractivity contribution in [2.75, 3.05) is 13.6 Å². The first-order valence-corrected chi connectivity index (χ1v) is 7.22. The van der Waals surface area contributed by atoms with Crippen molar-refractivity contribution in [2.24, 2.45) is 0 Å². The molecule has 1 aromatic carbocycles. The molecule has 0 spiro atoms. The average Bonchev–Trinajstić information content (AvgIpc) is 2.39. The van der Waals surface area contributed by atoms with Crippen molar-refractivity contribution in [3.05, 3.63) is 29.3 Å². The minimum Gasteiger partial charge on any atom is -0.508 e. The molecule has 0 aromatic heterocycles. The van der Waals surface area contributed by atoms with Gasteiger partial charge in [0.15, 0.2) is 0 Å². The van der Waals surface area contributed by atoms with Crippen molar-refractivity contribution in [1.82, 2.24) is 4.90 Å². The lowest BCUT2D eigenvalue weighted by Crippen LogP contribution is -2.37. The lowest BCUT2D eigenvalue weighted by molar-refractivity contribution is 0.217. The Balaban J connectivity index is 0.00000180. The number of nitrogens with zero attached hydrogens (tertiary/aromatic N) is 1. The second-order valence-corrected chi connectivity index (χ2v) is 5.50. The molecule has 0 aliphatic heterocycles. The first-order valence-electron chi connectivity index (χ1n) is 7.22. The molecule has 1 aliphatic carbocycles. The van der Waals surface area contributed by atoms with Crippen LogP contribution < -0.4 is 0 Å². The third-order valence-corrected chi connectivity index (χ3v) is 4.17. The number of halogens is 1. The molecule has 0 radical (unpaired) electrons. The van der Waals surface area contributed by atoms with Crippen LogP contribution in [0.25, 0.3) is 0 Å². The van der Waals surface area contributed by atoms with E-state index < -0.39 is 0 Å². The van der Waals surface area contributed by atoms with Gasteiger partial charge in [0, 0.05) is 6.04 Å². The van der Waals surface area contributed by atoms with Gasteiger partial charge in [0.1, 0.15) is 5.75 Å². The van der Waals surface area contributed by atoms with Gasteiger partial charge in [-0.15, -0.1) is 17.0 Å². The van der Waals surface area contributed by atoms with Gasteiger partial charge in [0.2, 0.25) is 0 Å². The Hall–Kier alpha value is -0.540. The van der Waals surface area contributed by atoms with Crippen LogP contribution in [-0.2, 0) is 12.8 Å². The molecule has 1 aliphatic rings. The summed E-state index contributed by atoms with van der Waals surface area (Å²) < 4.78 is 0. The number of hydrogen-bond donors (Lipinski definition) is 1. The van der Waals surface area contributed by atoms with E-state index in [2.05, 4.69) is 24.9 Å². The maximum atomic E-state index is 9.84. The van der Waals surface area contributed by atoms with Gasteiger partial charge in [-0.2, -0.15) is 0 Å². The highest BCUT2D eigenvalue weighted by atomic mass is 79.9. The lowest BCUT2D eigenvalue weighted by atomic mass is 9.87. The van der Waals surface area contributed by atoms with Crippen LogP contribution in [-0.4, -0.2) is 29.6 Å². The van der Waals surface area contributed by atoms with E-state index >= 15 is 0 Å². The zero-order chi connectivity index (χ0) is 13.0. The van der Waals surface area contributed by atoms with Crippen LogP contribution in [0.5, 0.6) is 5.75 Å². The van der Waals surface area contributed by atoms with E-state index in [1.165, 1.54) is 43.4 Å². The van der Waals surface area contributed by atoms with Crippen LogP contribution in [0.15, 0.2) is 18.2 Å². The number of phenols is 1. The number of benzene rings is 1. The van der Waals surface area contributed by atoms with Gasteiger partial charge in [-0.25, -0.2) is 0 Å². The number of unbranched alkanes of at least 4 members (excludes halogenated alkanes) is 2. The fraction of sp³-hybridized carbons (Fsp3) is 0.625. The number of phenolic OH excluding ortho intramolecular Hbond substituents is 1. The molecule has 108 valence electrons. The summed E-state index contributed by atoms with van der Waals surface area (Å²) in [5, 5.41) is 9.84. The normalized spacial score (nSPS) is 17.9. The summed E-state index contributed by atoms with van der Waals surface area (Å²) in [5.74, 6) is 0.486. The van der Waals surface area contributed by atoms with E-state index in [0.717, 1.165) is 12.8 Å². The Morgan fingerprint density at radius 1 is 1.32 bits per heavy atom. The predicted octanol–water partition coefficient (Wildman–Crippen LogP) is 3.95. The third kappa shape index (κ3) is 4.22. The zero-order valence-electron chi connectivity index (χ0n) is 12.1. The Morgan fingerprint density at radius 2 is 2.11 bits per heavy atom. The summed E-state index contributed by atoms with van der Waals surface area (Å²) in [6, 6.07) is 6.59. The molecule has 2 nitrogen and oxygen atoms in total. The first-order chi connectivity index (χ1) is 8.72. The average molecular weight is 328 g/mol. The molecule has 0 heterocycles. The highest BCUT2D eigenvalue weighted by Gasteiger charge is 2.23. The van der Waals surface area contributed by atoms with Gasteiger partial charge in [0.25, 0.3) is 0 Å². The van der Waals surface area contributed by atoms with Gasteiger partial charge in [-0.3, -0.25) is 0 Å². The summed E-state index contributed by atoms with van der Waals surface area (Å²) in [5.41, 5.74) is 2.52. The van der Waals surface area contributed by atoms with Gasteiger partial charge in [-0.1, -0.05) is 31.9 Å². The van der Waals surface area contributed by atoms with Gasteiger partial charge in [-0.05, 0) is 56.5 Å². The summed E-state index contributed by atoms with van der Waals surface area (Å²) >= 11 is 0. The van der Waals surface area contributed by atoms with Crippen LogP contribution >= 0.6 is 17.0 Å². The molecular weight excluding hydrogens is 302 g/mol. The third-order valence-electron chi connectivity index (χ3n) is 4.17. The molecule has 3 heteroatoms. The molecule has 1 N–H and O–H groups in total. The van der Waals surface area contributed by atoms with Crippen molar-refractivity contribution in [2.45, 2.75) is 51.5 Å². The van der Waals surface area contributed by atoms with Gasteiger partial charge < -0.3 is 10.0 Å². The molecule has 1 aromatic rings. The highest BCUT2D eigenvalue weighted by Crippen LogP contribution is 2.30. The standard InChI is InChI=1S/C16H25NO.BrH/c1-3-4-5-11-17(2)14-9-10-15-13(12-14)7-6-8-16(15)18;/h6-8,14,18H,3-5,9-12H2,1-2H3;1H. The molecule has 0 saturated heterocycles. The largest absolute Gasteiger partial charge is 0.508 e. The molecule has 0 fully saturated rings. The quantitative estimate of drug-likeness (QED) is 0.828. The maximum Gasteiger partial charge on any atom is 0.119 e. The number of fused-ring (bicyclic) bond motifs is 1. The Morgan fingerprint density at radius 3 is 2.84 bits per heavy atom. The molecule has 0 saturated carbocycles. The molecule has 1 unspecified atom stereocenters. The second kappa shape index (κ2) is 7.91. The van der Waals surface area contributed by atoms with E-state index in [1.807, 2.05) is 12.1 Å². The van der Waals surface area contributed by atoms with Crippen molar-refractivity contribution >= 4 is 17.0 Å². The van der Waals surface area contributed by atoms with E-state index in [0.29, 0.717) is 11.8 Å². The molecular formula is C16H26BrNO. The van der Waals surface area contributed by atoms with Crippen LogP contribution in [0.3, 0.4) is 0 Å². The minimum absolute atomic E-state index is 0. The lowest BCUT2D eigenvalue weighted by Gasteiger charge is -2.32. The van der Waals surface area contributed by atoms with Gasteiger partial charge >= 0.3 is 0 Å². The number of rotatable bonds is 5. The van der Waals surface area contributed by atoms with Crippen molar-refractivity contribution in [3.63, 3.8) is 0 Å². The van der Waals surface area contributed by atoms with E-state index in [1.54, 1.807) is 0 Å². The summed E-state index contributed by atoms with van der Waals surface area (Å²) in [4.78, 5) is 2.50. The smallest absolute Gasteiger partial charge is 0.119 e. The topological polar surface area (TPSA) is 23.5 Å². The van der Waals surface area contributed by atoms with Crippen LogP contribution in [0.4, 0.5) is 0 Å². The molecule has 1 atom stereocenters. The summed E-state index contributed by atoms with van der Waals surface area (Å²) in [6.07, 6.45) is 7.20. The van der Waals surface area contributed by atoms with Crippen molar-refractivity contribution < 1.29 is 5.11 Å². The van der Waals surface area contributed by atoms with Crippen molar-refractivity contribution in [1.29, 1.82) is 0 Å². The molecule has 0 amide bonds. The van der Waals surface area contributed by atoms with E-state index in [-0.39, 0.29) is 17.0 Å². The van der Waals surface area contributed by atoms with Crippen LogP contribution in [0.2, 0.25) is 0 Å². The Kier molecular flexibility index (Phi) is 6.87. The maximum absolute atomic E-state index is 9.84. The predicted molar refractivity (Wildman–Crippen MR) is 86.4 cm³/mol. The van der Waals surface area contributed by atoms with Crippen LogP contribution in [0, 0.1) is 0 Å². The highest BCUT2D eigenvalue weighted by molar-refractivity contribution is 8.93. The Labute approximate surface area is 127 Å². The van der Waals surface area contributed by atoms with E-state index in [4.69, 9.17) is 0 Å². The monoisotopic (exact) mass is 327 g/mol. The first kappa shape index (κ1) is 16.5. The summed E-state index contributed by atoms with van der Waals surface area (Å²) in [7, 11) is 2.24. The van der Waals surface area contributed by atoms with Crippen molar-refractivity contribution in [3.8, 4) is 5.75 Å². The van der Waals surface area contributed by atoms with E-state index in [9.17, 15) is 5.11 Å². The fourth-order valence-corrected chi connectivity index (χ4v) is 2.94. The fourth-order valence-electron chi connectivity index (χ4n) is 2.94. The summed E-state index contributed by atoms with van der Waals surface area (Å²) in [6.45, 7) is 3.45. The number of likely N-dealkylation sites (N-methyl/N-ethyl adjacent to an activating group) is 1. The number of hydrogen-bond acceptors (Lipinski definition) is 2. The molecule has 0 bridgehead atoms. The molecule has 19 heavy (non-hydrogen) atoms. The zero-order valence-corrected chi connectivity index (χ0v) is 13.8. The Bertz CT molecular complexity index is 394. The van der Waals surface area contributed by atoms with Crippen LogP contribution in [0.1, 0.15) is 43.7 Å². The number of aromatic hydroxyl groups is 1. The second-order valence-electron chi connectivity index (χ2n) is 5.50. The minimum atomic E-state index is 0. The molecule has 2 rings (SSSR count). The van der Waals surface area contributed by atoms with Gasteiger partial charge in [0.05, 0.1) is 0 Å². The SMILES string of the molecule is Br.CCCCCN(C)C1CCc2c(O)cccc2C1.